The van der Waals surface area contributed by atoms with Gasteiger partial charge in [0.05, 0.1) is 18.3 Å². The lowest BCUT2D eigenvalue weighted by Crippen LogP contribution is -2.40. The van der Waals surface area contributed by atoms with Gasteiger partial charge in [-0.3, -0.25) is 9.18 Å². The van der Waals surface area contributed by atoms with Crippen molar-refractivity contribution in [2.24, 2.45) is 0 Å². The Morgan fingerprint density at radius 3 is 2.22 bits per heavy atom. The van der Waals surface area contributed by atoms with Crippen LogP contribution in [0.25, 0.3) is 0 Å². The summed E-state index contributed by atoms with van der Waals surface area (Å²) in [6.45, 7) is 4.00. The van der Waals surface area contributed by atoms with Crippen molar-refractivity contribution >= 4 is 45.8 Å². The Morgan fingerprint density at radius 2 is 1.78 bits per heavy atom. The highest BCUT2D eigenvalue weighted by Gasteiger charge is 2.51. The number of alkyl halides is 1. The minimum Gasteiger partial charge on any atom is -0.399 e. The zero-order chi connectivity index (χ0) is 20.6. The number of anilines is 2. The van der Waals surface area contributed by atoms with Crippen molar-refractivity contribution < 1.29 is 13.6 Å². The van der Waals surface area contributed by atoms with Crippen LogP contribution >= 0.6 is 28.6 Å². The predicted molar refractivity (Wildman–Crippen MR) is 115 cm³/mol. The molecule has 1 aliphatic carbocycles. The highest BCUT2D eigenvalue weighted by Crippen LogP contribution is 2.53. The molecule has 1 saturated carbocycles. The first-order valence-electron chi connectivity index (χ1n) is 8.66. The van der Waals surface area contributed by atoms with Gasteiger partial charge in [-0.05, 0) is 58.6 Å². The number of hydrogen-bond acceptors (Lipinski definition) is 3. The zero-order valence-electron chi connectivity index (χ0n) is 15.7. The third kappa shape index (κ3) is 5.02. The van der Waals surface area contributed by atoms with Gasteiger partial charge in [0.2, 0.25) is 5.91 Å². The number of rotatable bonds is 0. The maximum absolute atomic E-state index is 12.2. The van der Waals surface area contributed by atoms with Gasteiger partial charge in [-0.15, -0.1) is 12.6 Å². The van der Waals surface area contributed by atoms with Crippen LogP contribution in [-0.2, 0) is 10.2 Å². The van der Waals surface area contributed by atoms with Gasteiger partial charge in [-0.25, -0.2) is 4.39 Å². The number of fused-ring (bicyclic) bond motifs is 2. The van der Waals surface area contributed by atoms with Gasteiger partial charge in [0.15, 0.2) is 0 Å². The number of thiol groups is 1. The first-order valence-corrected chi connectivity index (χ1v) is 9.90. The van der Waals surface area contributed by atoms with Gasteiger partial charge < -0.3 is 11.1 Å². The van der Waals surface area contributed by atoms with Crippen molar-refractivity contribution in [1.82, 2.24) is 0 Å². The Hall–Kier alpha value is -1.60. The molecule has 0 bridgehead atoms. The summed E-state index contributed by atoms with van der Waals surface area (Å²) in [5.41, 5.74) is 8.23. The number of carbonyl (C=O) groups is 1. The van der Waals surface area contributed by atoms with E-state index in [1.54, 1.807) is 18.2 Å². The average Bonchev–Trinajstić information content (AvgIpc) is 2.94. The first-order chi connectivity index (χ1) is 12.9. The fourth-order valence-corrected chi connectivity index (χ4v) is 3.70. The molecule has 0 unspecified atom stereocenters. The molecular formula is C20H25BrF2N2OS. The standard InChI is InChI=1S/C11H11BrN2O.C6H5FS.C2H6.CH3F/c12-8-5-6(13)4-7-9(8)14-10(15)11(7)2-1-3-11;7-5-3-1-2-4-6(5)8;2*1-2/h4-5H,1-3,13H2,(H,14,15);1-4,8H;1-2H3;1H3. The molecular weight excluding hydrogens is 434 g/mol. The van der Waals surface area contributed by atoms with Gasteiger partial charge in [0, 0.05) is 15.1 Å². The highest BCUT2D eigenvalue weighted by molar-refractivity contribution is 9.10. The molecule has 3 nitrogen and oxygen atoms in total. The lowest BCUT2D eigenvalue weighted by Gasteiger charge is -2.36. The molecule has 1 aliphatic heterocycles. The molecule has 1 spiro atoms. The van der Waals surface area contributed by atoms with Crippen LogP contribution in [0.1, 0.15) is 38.7 Å². The molecule has 0 saturated heterocycles. The Bertz CT molecular complexity index is 762. The van der Waals surface area contributed by atoms with E-state index < -0.39 is 0 Å². The largest absolute Gasteiger partial charge is 0.399 e. The summed E-state index contributed by atoms with van der Waals surface area (Å²) in [6, 6.07) is 10.1. The highest BCUT2D eigenvalue weighted by atomic mass is 79.9. The van der Waals surface area contributed by atoms with Gasteiger partial charge in [-0.2, -0.15) is 0 Å². The Labute approximate surface area is 173 Å². The monoisotopic (exact) mass is 458 g/mol. The minimum absolute atomic E-state index is 0.134. The second kappa shape index (κ2) is 10.7. The SMILES string of the molecule is CC.CF.Fc1ccccc1S.Nc1cc(Br)c2c(c1)C1(CCC1)C(=O)N2. The maximum Gasteiger partial charge on any atom is 0.235 e. The molecule has 7 heteroatoms. The summed E-state index contributed by atoms with van der Waals surface area (Å²) in [6.07, 6.45) is 3.02. The number of nitrogen functional groups attached to an aromatic ring is 1. The fourth-order valence-electron chi connectivity index (χ4n) is 2.97. The van der Waals surface area contributed by atoms with Gasteiger partial charge in [0.1, 0.15) is 5.82 Å². The number of amides is 1. The lowest BCUT2D eigenvalue weighted by molar-refractivity contribution is -0.123. The van der Waals surface area contributed by atoms with E-state index in [2.05, 4.69) is 33.9 Å². The molecule has 0 atom stereocenters. The second-order valence-electron chi connectivity index (χ2n) is 5.77. The van der Waals surface area contributed by atoms with Crippen molar-refractivity contribution in [2.75, 3.05) is 18.2 Å². The van der Waals surface area contributed by atoms with Crippen molar-refractivity contribution in [1.29, 1.82) is 0 Å². The van der Waals surface area contributed by atoms with E-state index in [9.17, 15) is 13.6 Å². The van der Waals surface area contributed by atoms with E-state index in [4.69, 9.17) is 5.73 Å². The molecule has 3 N–H and O–H groups in total. The third-order valence-electron chi connectivity index (χ3n) is 4.36. The summed E-state index contributed by atoms with van der Waals surface area (Å²) < 4.78 is 22.6. The first kappa shape index (κ1) is 23.4. The van der Waals surface area contributed by atoms with Crippen LogP contribution < -0.4 is 11.1 Å². The van der Waals surface area contributed by atoms with E-state index in [1.165, 1.54) is 6.07 Å². The van der Waals surface area contributed by atoms with E-state index >= 15 is 0 Å². The molecule has 2 aromatic carbocycles. The molecule has 148 valence electrons. The van der Waals surface area contributed by atoms with Crippen LogP contribution in [0.15, 0.2) is 45.8 Å². The molecule has 0 radical (unpaired) electrons. The number of halogens is 3. The average molecular weight is 459 g/mol. The number of carbonyl (C=O) groups excluding carboxylic acids is 1. The van der Waals surface area contributed by atoms with E-state index in [1.807, 2.05) is 26.0 Å². The predicted octanol–water partition coefficient (Wildman–Crippen LogP) is 6.13. The number of nitrogens with two attached hydrogens (primary N) is 1. The number of benzene rings is 2. The smallest absolute Gasteiger partial charge is 0.235 e. The Kier molecular flexibility index (Phi) is 9.26. The van der Waals surface area contributed by atoms with E-state index in [-0.39, 0.29) is 17.1 Å². The molecule has 27 heavy (non-hydrogen) atoms. The van der Waals surface area contributed by atoms with Crippen LogP contribution in [0, 0.1) is 5.82 Å². The number of nitrogens with one attached hydrogen (secondary N) is 1. The topological polar surface area (TPSA) is 55.1 Å². The second-order valence-corrected chi connectivity index (χ2v) is 7.10. The summed E-state index contributed by atoms with van der Waals surface area (Å²) in [7, 11) is 0.500. The van der Waals surface area contributed by atoms with E-state index in [0.29, 0.717) is 17.8 Å². The fraction of sp³-hybridized carbons (Fsp3) is 0.350. The van der Waals surface area contributed by atoms with Gasteiger partial charge in [0.25, 0.3) is 0 Å². The number of hydrogen-bond donors (Lipinski definition) is 3. The molecule has 1 fully saturated rings. The zero-order valence-corrected chi connectivity index (χ0v) is 18.1. The summed E-state index contributed by atoms with van der Waals surface area (Å²) in [5.74, 6) is -0.133. The lowest BCUT2D eigenvalue weighted by atomic mass is 9.65. The summed E-state index contributed by atoms with van der Waals surface area (Å²) >= 11 is 7.26. The van der Waals surface area contributed by atoms with Crippen LogP contribution in [0.2, 0.25) is 0 Å². The Morgan fingerprint density at radius 1 is 1.19 bits per heavy atom. The van der Waals surface area contributed by atoms with Crippen LogP contribution in [0.5, 0.6) is 0 Å². The van der Waals surface area contributed by atoms with Crippen LogP contribution in [-0.4, -0.2) is 13.1 Å². The van der Waals surface area contributed by atoms with Crippen LogP contribution in [0.4, 0.5) is 20.2 Å². The molecule has 1 heterocycles. The van der Waals surface area contributed by atoms with Crippen molar-refractivity contribution in [2.45, 2.75) is 43.4 Å². The van der Waals surface area contributed by atoms with Crippen molar-refractivity contribution in [3.8, 4) is 0 Å². The summed E-state index contributed by atoms with van der Waals surface area (Å²) in [5, 5.41) is 2.94. The minimum atomic E-state index is -0.271. The Balaban J connectivity index is 0.000000259. The quantitative estimate of drug-likeness (QED) is 0.328. The van der Waals surface area contributed by atoms with Gasteiger partial charge in [-0.1, -0.05) is 32.4 Å². The molecule has 2 aromatic rings. The van der Waals surface area contributed by atoms with Crippen molar-refractivity contribution in [3.05, 3.63) is 52.3 Å². The third-order valence-corrected chi connectivity index (χ3v) is 5.35. The molecule has 4 rings (SSSR count). The van der Waals surface area contributed by atoms with Gasteiger partial charge >= 0.3 is 0 Å². The van der Waals surface area contributed by atoms with Crippen LogP contribution in [0.3, 0.4) is 0 Å². The summed E-state index contributed by atoms with van der Waals surface area (Å²) in [4.78, 5) is 12.3. The van der Waals surface area contributed by atoms with Crippen molar-refractivity contribution in [3.63, 3.8) is 0 Å². The molecule has 0 aromatic heterocycles. The maximum atomic E-state index is 12.2. The molecule has 1 amide bonds. The van der Waals surface area contributed by atoms with E-state index in [0.717, 1.165) is 35.0 Å². The normalized spacial score (nSPS) is 14.9. The molecule has 2 aliphatic rings.